The average molecular weight is 354 g/mol. The zero-order valence-corrected chi connectivity index (χ0v) is 16.1. The zero-order valence-electron chi connectivity index (χ0n) is 16.1. The molecule has 2 aromatic rings. The predicted octanol–water partition coefficient (Wildman–Crippen LogP) is 5.07. The SMILES string of the molecule is CCCCc1cccc(CN(CCC(=O)O)Cc2cccc(CC)c2)c1. The molecule has 2 rings (SSSR count). The minimum absolute atomic E-state index is 0.170. The first-order valence-electron chi connectivity index (χ1n) is 9.70. The number of carboxylic acids is 1. The highest BCUT2D eigenvalue weighted by atomic mass is 16.4. The topological polar surface area (TPSA) is 40.5 Å². The summed E-state index contributed by atoms with van der Waals surface area (Å²) in [7, 11) is 0. The molecule has 0 aliphatic rings. The van der Waals surface area contributed by atoms with Gasteiger partial charge in [0.05, 0.1) is 6.42 Å². The van der Waals surface area contributed by atoms with E-state index in [1.165, 1.54) is 35.1 Å². The van der Waals surface area contributed by atoms with Crippen LogP contribution in [-0.4, -0.2) is 22.5 Å². The van der Waals surface area contributed by atoms with Crippen LogP contribution in [0.2, 0.25) is 0 Å². The van der Waals surface area contributed by atoms with Crippen LogP contribution in [0.5, 0.6) is 0 Å². The fraction of sp³-hybridized carbons (Fsp3) is 0.435. The van der Waals surface area contributed by atoms with Crippen molar-refractivity contribution in [3.63, 3.8) is 0 Å². The van der Waals surface area contributed by atoms with Gasteiger partial charge in [-0.25, -0.2) is 0 Å². The van der Waals surface area contributed by atoms with Gasteiger partial charge >= 0.3 is 5.97 Å². The molecule has 0 aliphatic carbocycles. The molecular weight excluding hydrogens is 322 g/mol. The third kappa shape index (κ3) is 7.01. The van der Waals surface area contributed by atoms with E-state index in [1.807, 2.05) is 0 Å². The maximum Gasteiger partial charge on any atom is 0.304 e. The molecule has 3 nitrogen and oxygen atoms in total. The smallest absolute Gasteiger partial charge is 0.304 e. The van der Waals surface area contributed by atoms with E-state index in [2.05, 4.69) is 67.3 Å². The summed E-state index contributed by atoms with van der Waals surface area (Å²) in [6.45, 7) is 6.49. The summed E-state index contributed by atoms with van der Waals surface area (Å²) < 4.78 is 0. The molecule has 0 atom stereocenters. The number of aryl methyl sites for hydroxylation is 2. The van der Waals surface area contributed by atoms with Gasteiger partial charge in [-0.15, -0.1) is 0 Å². The van der Waals surface area contributed by atoms with Gasteiger partial charge in [-0.2, -0.15) is 0 Å². The predicted molar refractivity (Wildman–Crippen MR) is 107 cm³/mol. The van der Waals surface area contributed by atoms with Crippen molar-refractivity contribution in [3.8, 4) is 0 Å². The molecule has 140 valence electrons. The van der Waals surface area contributed by atoms with Crippen LogP contribution < -0.4 is 0 Å². The fourth-order valence-electron chi connectivity index (χ4n) is 3.20. The van der Waals surface area contributed by atoms with E-state index in [-0.39, 0.29) is 6.42 Å². The molecule has 0 saturated carbocycles. The minimum Gasteiger partial charge on any atom is -0.481 e. The molecule has 0 bridgehead atoms. The number of hydrogen-bond donors (Lipinski definition) is 1. The average Bonchev–Trinajstić information content (AvgIpc) is 2.65. The third-order valence-electron chi connectivity index (χ3n) is 4.66. The molecule has 3 heteroatoms. The number of carbonyl (C=O) groups is 1. The normalized spacial score (nSPS) is 11.0. The molecule has 0 unspecified atom stereocenters. The number of nitrogens with zero attached hydrogens (tertiary/aromatic N) is 1. The van der Waals surface area contributed by atoms with Gasteiger partial charge in [0, 0.05) is 19.6 Å². The second-order valence-corrected chi connectivity index (χ2v) is 6.95. The van der Waals surface area contributed by atoms with Crippen LogP contribution in [-0.2, 0) is 30.7 Å². The molecule has 0 spiro atoms. The van der Waals surface area contributed by atoms with E-state index in [9.17, 15) is 4.79 Å². The van der Waals surface area contributed by atoms with Gasteiger partial charge < -0.3 is 5.11 Å². The number of carboxylic acid groups (broad SMARTS) is 1. The van der Waals surface area contributed by atoms with Crippen molar-refractivity contribution in [1.82, 2.24) is 4.90 Å². The van der Waals surface area contributed by atoms with Gasteiger partial charge in [-0.1, -0.05) is 68.8 Å². The Hall–Kier alpha value is -2.13. The summed E-state index contributed by atoms with van der Waals surface area (Å²) in [5, 5.41) is 9.09. The van der Waals surface area contributed by atoms with Crippen LogP contribution >= 0.6 is 0 Å². The highest BCUT2D eigenvalue weighted by Crippen LogP contribution is 2.15. The van der Waals surface area contributed by atoms with Crippen LogP contribution in [0.4, 0.5) is 0 Å². The summed E-state index contributed by atoms with van der Waals surface area (Å²) in [6.07, 6.45) is 4.70. The molecule has 0 amide bonds. The first-order valence-corrected chi connectivity index (χ1v) is 9.70. The lowest BCUT2D eigenvalue weighted by Gasteiger charge is -2.22. The van der Waals surface area contributed by atoms with Gasteiger partial charge in [-0.3, -0.25) is 9.69 Å². The molecule has 1 N–H and O–H groups in total. The summed E-state index contributed by atoms with van der Waals surface area (Å²) >= 11 is 0. The molecule has 26 heavy (non-hydrogen) atoms. The van der Waals surface area contributed by atoms with Crippen LogP contribution in [0.3, 0.4) is 0 Å². The number of hydrogen-bond acceptors (Lipinski definition) is 2. The lowest BCUT2D eigenvalue weighted by atomic mass is 10.0. The second kappa shape index (κ2) is 10.8. The quantitative estimate of drug-likeness (QED) is 0.613. The van der Waals surface area contributed by atoms with Gasteiger partial charge in [0.15, 0.2) is 0 Å². The number of unbranched alkanes of at least 4 members (excludes halogenated alkanes) is 1. The van der Waals surface area contributed by atoms with E-state index in [4.69, 9.17) is 5.11 Å². The molecule has 0 radical (unpaired) electrons. The second-order valence-electron chi connectivity index (χ2n) is 6.95. The standard InChI is InChI=1S/C23H31NO2/c1-3-5-8-20-10-7-12-22(16-20)18-24(14-13-23(25)26)17-21-11-6-9-19(4-2)15-21/h6-7,9-12,15-16H,3-5,8,13-14,17-18H2,1-2H3,(H,25,26). The van der Waals surface area contributed by atoms with Gasteiger partial charge in [0.25, 0.3) is 0 Å². The van der Waals surface area contributed by atoms with Crippen molar-refractivity contribution in [2.75, 3.05) is 6.54 Å². The molecule has 0 heterocycles. The molecule has 0 aromatic heterocycles. The van der Waals surface area contributed by atoms with Crippen LogP contribution in [0.1, 0.15) is 55.4 Å². The number of rotatable bonds is 11. The maximum absolute atomic E-state index is 11.1. The molecule has 0 saturated heterocycles. The molecule has 2 aromatic carbocycles. The molecule has 0 fully saturated rings. The van der Waals surface area contributed by atoms with E-state index >= 15 is 0 Å². The summed E-state index contributed by atoms with van der Waals surface area (Å²) in [6, 6.07) is 17.3. The van der Waals surface area contributed by atoms with E-state index in [1.54, 1.807) is 0 Å². The van der Waals surface area contributed by atoms with Crippen molar-refractivity contribution < 1.29 is 9.90 Å². The van der Waals surface area contributed by atoms with E-state index < -0.39 is 5.97 Å². The van der Waals surface area contributed by atoms with Crippen molar-refractivity contribution in [1.29, 1.82) is 0 Å². The Labute approximate surface area is 157 Å². The molecule has 0 aliphatic heterocycles. The Morgan fingerprint density at radius 1 is 0.923 bits per heavy atom. The largest absolute Gasteiger partial charge is 0.481 e. The lowest BCUT2D eigenvalue weighted by molar-refractivity contribution is -0.137. The third-order valence-corrected chi connectivity index (χ3v) is 4.66. The van der Waals surface area contributed by atoms with Crippen LogP contribution in [0.15, 0.2) is 48.5 Å². The minimum atomic E-state index is -0.742. The summed E-state index contributed by atoms with van der Waals surface area (Å²) in [5.74, 6) is -0.742. The summed E-state index contributed by atoms with van der Waals surface area (Å²) in [5.41, 5.74) is 5.20. The van der Waals surface area contributed by atoms with Crippen molar-refractivity contribution in [3.05, 3.63) is 70.8 Å². The number of aliphatic carboxylic acids is 1. The first-order chi connectivity index (χ1) is 12.6. The highest BCUT2D eigenvalue weighted by molar-refractivity contribution is 5.66. The van der Waals surface area contributed by atoms with E-state index in [0.717, 1.165) is 25.9 Å². The van der Waals surface area contributed by atoms with Crippen LogP contribution in [0.25, 0.3) is 0 Å². The van der Waals surface area contributed by atoms with Gasteiger partial charge in [0.1, 0.15) is 0 Å². The van der Waals surface area contributed by atoms with Crippen LogP contribution in [0, 0.1) is 0 Å². The fourth-order valence-corrected chi connectivity index (χ4v) is 3.20. The molecular formula is C23H31NO2. The van der Waals surface area contributed by atoms with Crippen molar-refractivity contribution in [2.45, 2.75) is 59.0 Å². The van der Waals surface area contributed by atoms with E-state index in [0.29, 0.717) is 6.54 Å². The van der Waals surface area contributed by atoms with Crippen molar-refractivity contribution >= 4 is 5.97 Å². The first kappa shape index (κ1) is 20.2. The number of benzene rings is 2. The Kier molecular flexibility index (Phi) is 8.36. The lowest BCUT2D eigenvalue weighted by Crippen LogP contribution is -2.25. The Morgan fingerprint density at radius 3 is 2.08 bits per heavy atom. The van der Waals surface area contributed by atoms with Gasteiger partial charge in [0.2, 0.25) is 0 Å². The Bertz CT molecular complexity index is 696. The highest BCUT2D eigenvalue weighted by Gasteiger charge is 2.10. The maximum atomic E-state index is 11.1. The Balaban J connectivity index is 2.09. The summed E-state index contributed by atoms with van der Waals surface area (Å²) in [4.78, 5) is 13.3. The van der Waals surface area contributed by atoms with Gasteiger partial charge in [-0.05, 0) is 41.5 Å². The zero-order chi connectivity index (χ0) is 18.8. The Morgan fingerprint density at radius 2 is 1.50 bits per heavy atom. The van der Waals surface area contributed by atoms with Crippen molar-refractivity contribution in [2.24, 2.45) is 0 Å². The monoisotopic (exact) mass is 353 g/mol.